The molecule has 126 valence electrons. The molecule has 0 aromatic heterocycles. The molecule has 2 aromatic carbocycles. The zero-order chi connectivity index (χ0) is 17.5. The van der Waals surface area contributed by atoms with E-state index in [0.717, 1.165) is 23.4 Å². The van der Waals surface area contributed by atoms with E-state index in [1.54, 1.807) is 18.2 Å². The molecule has 0 heterocycles. The number of esters is 1. The molecule has 0 spiro atoms. The molecule has 0 amide bonds. The zero-order valence-electron chi connectivity index (χ0n) is 14.3. The first-order chi connectivity index (χ1) is 11.5. The highest BCUT2D eigenvalue weighted by molar-refractivity contribution is 5.89. The predicted octanol–water partition coefficient (Wildman–Crippen LogP) is 4.11. The molecule has 0 aliphatic carbocycles. The molecular weight excluding hydrogens is 302 g/mol. The molecule has 0 saturated heterocycles. The second-order valence-electron chi connectivity index (χ2n) is 5.61. The molecule has 0 atom stereocenters. The maximum Gasteiger partial charge on any atom is 0.337 e. The Bertz CT molecular complexity index is 720. The van der Waals surface area contributed by atoms with Gasteiger partial charge in [0.05, 0.1) is 18.4 Å². The van der Waals surface area contributed by atoms with E-state index in [4.69, 9.17) is 4.74 Å². The van der Waals surface area contributed by atoms with Crippen LogP contribution < -0.4 is 4.90 Å². The summed E-state index contributed by atoms with van der Waals surface area (Å²) in [5, 5.41) is 10.0. The van der Waals surface area contributed by atoms with E-state index in [0.29, 0.717) is 12.1 Å². The van der Waals surface area contributed by atoms with Crippen molar-refractivity contribution in [3.05, 3.63) is 65.2 Å². The lowest BCUT2D eigenvalue weighted by Gasteiger charge is -2.24. The summed E-state index contributed by atoms with van der Waals surface area (Å²) in [7, 11) is 1.37. The number of likely N-dealkylation sites (N-methyl/N-ethyl adjacent to an activating group) is 1. The number of benzene rings is 2. The van der Waals surface area contributed by atoms with Gasteiger partial charge < -0.3 is 14.7 Å². The largest absolute Gasteiger partial charge is 0.506 e. The molecule has 0 unspecified atom stereocenters. The fraction of sp³-hybridized carbons (Fsp3) is 0.250. The van der Waals surface area contributed by atoms with Crippen molar-refractivity contribution < 1.29 is 14.6 Å². The first-order valence-corrected chi connectivity index (χ1v) is 7.93. The van der Waals surface area contributed by atoms with Crippen LogP contribution >= 0.6 is 0 Å². The van der Waals surface area contributed by atoms with Crippen molar-refractivity contribution in [2.75, 3.05) is 25.1 Å². The van der Waals surface area contributed by atoms with Gasteiger partial charge in [0.15, 0.2) is 0 Å². The summed E-state index contributed by atoms with van der Waals surface area (Å²) in [4.78, 5) is 13.6. The number of hydrogen-bond acceptors (Lipinski definition) is 4. The third-order valence-corrected chi connectivity index (χ3v) is 3.79. The van der Waals surface area contributed by atoms with Crippen molar-refractivity contribution in [3.63, 3.8) is 0 Å². The Morgan fingerprint density at radius 2 is 1.83 bits per heavy atom. The highest BCUT2D eigenvalue weighted by atomic mass is 16.5. The van der Waals surface area contributed by atoms with Gasteiger partial charge in [0.1, 0.15) is 5.75 Å². The van der Waals surface area contributed by atoms with Gasteiger partial charge in [-0.3, -0.25) is 0 Å². The molecule has 0 aliphatic heterocycles. The average Bonchev–Trinajstić information content (AvgIpc) is 2.60. The van der Waals surface area contributed by atoms with Crippen LogP contribution in [-0.2, 0) is 4.74 Å². The van der Waals surface area contributed by atoms with Crippen LogP contribution in [0.15, 0.2) is 54.1 Å². The second-order valence-corrected chi connectivity index (χ2v) is 5.61. The zero-order valence-corrected chi connectivity index (χ0v) is 14.3. The van der Waals surface area contributed by atoms with Gasteiger partial charge in [0, 0.05) is 13.1 Å². The van der Waals surface area contributed by atoms with Crippen LogP contribution in [-0.4, -0.2) is 31.3 Å². The Hall–Kier alpha value is -2.75. The van der Waals surface area contributed by atoms with E-state index in [-0.39, 0.29) is 11.7 Å². The molecule has 4 nitrogen and oxygen atoms in total. The number of carbonyl (C=O) groups excluding carboxylic acids is 1. The number of carbonyl (C=O) groups is 1. The molecule has 0 radical (unpaired) electrons. The monoisotopic (exact) mass is 325 g/mol. The van der Waals surface area contributed by atoms with Gasteiger partial charge >= 0.3 is 5.97 Å². The standard InChI is InChI=1S/C20H23NO3/c1-4-21(18-7-5-6-8-19(18)22)14-15(2)13-16-9-11-17(12-10-16)20(23)24-3/h5-13,22H,4,14H2,1-3H3. The van der Waals surface area contributed by atoms with Gasteiger partial charge in [-0.05, 0) is 43.7 Å². The minimum Gasteiger partial charge on any atom is -0.506 e. The minimum atomic E-state index is -0.334. The van der Waals surface area contributed by atoms with Crippen LogP contribution in [0, 0.1) is 0 Å². The van der Waals surface area contributed by atoms with Crippen molar-refractivity contribution >= 4 is 17.7 Å². The number of hydrogen-bond donors (Lipinski definition) is 1. The van der Waals surface area contributed by atoms with Gasteiger partial charge in [-0.15, -0.1) is 0 Å². The molecule has 0 saturated carbocycles. The predicted molar refractivity (Wildman–Crippen MR) is 97.4 cm³/mol. The first kappa shape index (κ1) is 17.6. The molecule has 2 rings (SSSR count). The fourth-order valence-corrected chi connectivity index (χ4v) is 2.56. The molecule has 1 N–H and O–H groups in total. The lowest BCUT2D eigenvalue weighted by molar-refractivity contribution is 0.0600. The number of aromatic hydroxyl groups is 1. The SMILES string of the molecule is CCN(CC(C)=Cc1ccc(C(=O)OC)cc1)c1ccccc1O. The number of methoxy groups -OCH3 is 1. The Morgan fingerprint density at radius 1 is 1.17 bits per heavy atom. The van der Waals surface area contributed by atoms with Gasteiger partial charge in [0.2, 0.25) is 0 Å². The van der Waals surface area contributed by atoms with Crippen LogP contribution in [0.2, 0.25) is 0 Å². The lowest BCUT2D eigenvalue weighted by atomic mass is 10.1. The quantitative estimate of drug-likeness (QED) is 0.812. The summed E-state index contributed by atoms with van der Waals surface area (Å²) in [6.07, 6.45) is 2.07. The van der Waals surface area contributed by atoms with Crippen molar-refractivity contribution in [2.45, 2.75) is 13.8 Å². The maximum absolute atomic E-state index is 11.5. The summed E-state index contributed by atoms with van der Waals surface area (Å²) in [5.41, 5.74) is 3.55. The number of phenols is 1. The highest BCUT2D eigenvalue weighted by Gasteiger charge is 2.09. The van der Waals surface area contributed by atoms with Crippen molar-refractivity contribution in [1.82, 2.24) is 0 Å². The van der Waals surface area contributed by atoms with Gasteiger partial charge in [0.25, 0.3) is 0 Å². The van der Waals surface area contributed by atoms with Gasteiger partial charge in [-0.1, -0.05) is 35.9 Å². The van der Waals surface area contributed by atoms with E-state index >= 15 is 0 Å². The topological polar surface area (TPSA) is 49.8 Å². The van der Waals surface area contributed by atoms with E-state index in [1.807, 2.05) is 30.3 Å². The summed E-state index contributed by atoms with van der Waals surface area (Å²) < 4.78 is 4.70. The van der Waals surface area contributed by atoms with Crippen LogP contribution in [0.5, 0.6) is 5.75 Å². The van der Waals surface area contributed by atoms with Crippen LogP contribution in [0.1, 0.15) is 29.8 Å². The summed E-state index contributed by atoms with van der Waals surface area (Å²) >= 11 is 0. The van der Waals surface area contributed by atoms with E-state index in [1.165, 1.54) is 7.11 Å². The van der Waals surface area contributed by atoms with Crippen molar-refractivity contribution in [3.8, 4) is 5.75 Å². The van der Waals surface area contributed by atoms with E-state index in [2.05, 4.69) is 24.8 Å². The smallest absolute Gasteiger partial charge is 0.337 e. The maximum atomic E-state index is 11.5. The van der Waals surface area contributed by atoms with Gasteiger partial charge in [-0.25, -0.2) is 4.79 Å². The first-order valence-electron chi connectivity index (χ1n) is 7.93. The number of para-hydroxylation sites is 2. The minimum absolute atomic E-state index is 0.287. The van der Waals surface area contributed by atoms with Gasteiger partial charge in [-0.2, -0.15) is 0 Å². The number of anilines is 1. The number of phenolic OH excluding ortho intramolecular Hbond substituents is 1. The number of nitrogens with zero attached hydrogens (tertiary/aromatic N) is 1. The fourth-order valence-electron chi connectivity index (χ4n) is 2.56. The summed E-state index contributed by atoms with van der Waals surface area (Å²) in [5.74, 6) is -0.0476. The van der Waals surface area contributed by atoms with Crippen LogP contribution in [0.25, 0.3) is 6.08 Å². The Balaban J connectivity index is 2.12. The Kier molecular flexibility index (Phi) is 6.01. The highest BCUT2D eigenvalue weighted by Crippen LogP contribution is 2.27. The number of rotatable bonds is 6. The van der Waals surface area contributed by atoms with Crippen molar-refractivity contribution in [2.24, 2.45) is 0 Å². The normalized spacial score (nSPS) is 11.2. The van der Waals surface area contributed by atoms with Crippen LogP contribution in [0.3, 0.4) is 0 Å². The van der Waals surface area contributed by atoms with E-state index < -0.39 is 0 Å². The molecule has 0 bridgehead atoms. The molecule has 0 aliphatic rings. The average molecular weight is 325 g/mol. The Labute approximate surface area is 143 Å². The summed E-state index contributed by atoms with van der Waals surface area (Å²) in [6, 6.07) is 14.6. The molecule has 0 fully saturated rings. The molecule has 24 heavy (non-hydrogen) atoms. The second kappa shape index (κ2) is 8.20. The lowest BCUT2D eigenvalue weighted by Crippen LogP contribution is -2.24. The van der Waals surface area contributed by atoms with Crippen LogP contribution in [0.4, 0.5) is 5.69 Å². The molecule has 4 heteroatoms. The third kappa shape index (κ3) is 4.38. The van der Waals surface area contributed by atoms with E-state index in [9.17, 15) is 9.90 Å². The Morgan fingerprint density at radius 3 is 2.42 bits per heavy atom. The molecule has 2 aromatic rings. The summed E-state index contributed by atoms with van der Waals surface area (Å²) in [6.45, 7) is 5.62. The van der Waals surface area contributed by atoms with Crippen molar-refractivity contribution in [1.29, 1.82) is 0 Å². The third-order valence-electron chi connectivity index (χ3n) is 3.79. The molecular formula is C20H23NO3. The number of ether oxygens (including phenoxy) is 1.